The topological polar surface area (TPSA) is 85.3 Å². The van der Waals surface area contributed by atoms with Gasteiger partial charge in [-0.2, -0.15) is 0 Å². The number of aliphatic hydroxyl groups is 1. The molecule has 3 aromatic rings. The molecule has 35 heavy (non-hydrogen) atoms. The Labute approximate surface area is 203 Å². The molecule has 0 aromatic heterocycles. The summed E-state index contributed by atoms with van der Waals surface area (Å²) in [7, 11) is 1.57. The number of Topliss-reactive ketones (excluding diaryl/α,β-unsaturated/α-hetero) is 1. The first kappa shape index (κ1) is 22.5. The number of ketones is 1. The van der Waals surface area contributed by atoms with E-state index in [1.54, 1.807) is 43.5 Å². The molecule has 1 unspecified atom stereocenters. The summed E-state index contributed by atoms with van der Waals surface area (Å²) in [6, 6.07) is 17.4. The first-order valence-corrected chi connectivity index (χ1v) is 11.3. The Kier molecular flexibility index (Phi) is 5.68. The molecule has 178 valence electrons. The highest BCUT2D eigenvalue weighted by Gasteiger charge is 2.46. The van der Waals surface area contributed by atoms with Crippen molar-refractivity contribution in [1.82, 2.24) is 4.90 Å². The maximum Gasteiger partial charge on any atom is 0.295 e. The second-order valence-electron chi connectivity index (χ2n) is 8.71. The van der Waals surface area contributed by atoms with Gasteiger partial charge in [-0.1, -0.05) is 35.9 Å². The summed E-state index contributed by atoms with van der Waals surface area (Å²) >= 11 is 0. The number of benzene rings is 3. The highest BCUT2D eigenvalue weighted by Crippen LogP contribution is 2.42. The number of ether oxygens (including phenoxy) is 3. The second-order valence-corrected chi connectivity index (χ2v) is 8.71. The summed E-state index contributed by atoms with van der Waals surface area (Å²) in [6.07, 6.45) is 0. The largest absolute Gasteiger partial charge is 0.507 e. The third-order valence-corrected chi connectivity index (χ3v) is 6.41. The Morgan fingerprint density at radius 2 is 1.74 bits per heavy atom. The van der Waals surface area contributed by atoms with Gasteiger partial charge in [-0.25, -0.2) is 0 Å². The fourth-order valence-electron chi connectivity index (χ4n) is 4.55. The fraction of sp³-hybridized carbons (Fsp3) is 0.214. The van der Waals surface area contributed by atoms with Crippen molar-refractivity contribution in [2.24, 2.45) is 0 Å². The predicted octanol–water partition coefficient (Wildman–Crippen LogP) is 4.66. The van der Waals surface area contributed by atoms with Crippen molar-refractivity contribution in [3.63, 3.8) is 0 Å². The maximum absolute atomic E-state index is 13.3. The smallest absolute Gasteiger partial charge is 0.295 e. The van der Waals surface area contributed by atoms with E-state index in [1.165, 1.54) is 4.90 Å². The first-order valence-electron chi connectivity index (χ1n) is 11.3. The normalized spacial score (nSPS) is 18.3. The number of hydrogen-bond acceptors (Lipinski definition) is 6. The molecule has 5 rings (SSSR count). The van der Waals surface area contributed by atoms with Gasteiger partial charge in [0.15, 0.2) is 11.5 Å². The lowest BCUT2D eigenvalue weighted by molar-refractivity contribution is -0.140. The molecule has 0 spiro atoms. The van der Waals surface area contributed by atoms with Crippen LogP contribution in [0, 0.1) is 13.8 Å². The molecule has 7 nitrogen and oxygen atoms in total. The molecule has 2 aliphatic heterocycles. The van der Waals surface area contributed by atoms with Gasteiger partial charge in [0.05, 0.1) is 18.7 Å². The van der Waals surface area contributed by atoms with Crippen molar-refractivity contribution in [3.8, 4) is 17.2 Å². The molecule has 1 amide bonds. The summed E-state index contributed by atoms with van der Waals surface area (Å²) in [5, 5.41) is 11.4. The lowest BCUT2D eigenvalue weighted by Gasteiger charge is -2.26. The summed E-state index contributed by atoms with van der Waals surface area (Å²) < 4.78 is 16.1. The molecule has 1 fully saturated rings. The van der Waals surface area contributed by atoms with Gasteiger partial charge in [-0.15, -0.1) is 0 Å². The zero-order valence-electron chi connectivity index (χ0n) is 19.7. The highest BCUT2D eigenvalue weighted by atomic mass is 16.7. The van der Waals surface area contributed by atoms with Crippen molar-refractivity contribution < 1.29 is 28.9 Å². The van der Waals surface area contributed by atoms with E-state index in [4.69, 9.17) is 14.2 Å². The van der Waals surface area contributed by atoms with Crippen molar-refractivity contribution >= 4 is 17.4 Å². The minimum atomic E-state index is -0.772. The summed E-state index contributed by atoms with van der Waals surface area (Å²) in [4.78, 5) is 28.1. The van der Waals surface area contributed by atoms with Crippen LogP contribution in [-0.2, 0) is 16.1 Å². The van der Waals surface area contributed by atoms with E-state index < -0.39 is 17.7 Å². The summed E-state index contributed by atoms with van der Waals surface area (Å²) in [6.45, 7) is 4.07. The number of fused-ring (bicyclic) bond motifs is 1. The zero-order chi connectivity index (χ0) is 24.7. The van der Waals surface area contributed by atoms with Gasteiger partial charge in [-0.3, -0.25) is 9.59 Å². The average molecular weight is 472 g/mol. The standard InChI is InChI=1S/C28H25NO6/c1-16-4-5-17(2)21(12-16)26(30)24-25(19-7-9-20(33-3)10-8-19)29(28(32)27(24)31)14-18-6-11-22-23(13-18)35-15-34-22/h4-13,25,30H,14-15H2,1-3H3/b26-24+. The third kappa shape index (κ3) is 3.99. The minimum Gasteiger partial charge on any atom is -0.507 e. The van der Waals surface area contributed by atoms with Gasteiger partial charge in [-0.05, 0) is 60.9 Å². The van der Waals surface area contributed by atoms with Crippen LogP contribution in [0.3, 0.4) is 0 Å². The molecule has 0 radical (unpaired) electrons. The first-order chi connectivity index (χ1) is 16.9. The molecule has 1 saturated heterocycles. The molecule has 7 heteroatoms. The molecular weight excluding hydrogens is 446 g/mol. The molecule has 0 aliphatic carbocycles. The van der Waals surface area contributed by atoms with Crippen LogP contribution in [0.4, 0.5) is 0 Å². The van der Waals surface area contributed by atoms with Gasteiger partial charge in [0.25, 0.3) is 11.7 Å². The average Bonchev–Trinajstić information content (AvgIpc) is 3.43. The van der Waals surface area contributed by atoms with Crippen LogP contribution in [0.2, 0.25) is 0 Å². The summed E-state index contributed by atoms with van der Waals surface area (Å²) in [5.41, 5.74) is 3.81. The second kappa shape index (κ2) is 8.83. The van der Waals surface area contributed by atoms with Crippen LogP contribution in [0.15, 0.2) is 66.2 Å². The fourth-order valence-corrected chi connectivity index (χ4v) is 4.55. The molecule has 0 saturated carbocycles. The van der Waals surface area contributed by atoms with Crippen LogP contribution in [0.5, 0.6) is 17.2 Å². The van der Waals surface area contributed by atoms with Gasteiger partial charge < -0.3 is 24.2 Å². The molecule has 1 atom stereocenters. The Hall–Kier alpha value is -4.26. The molecule has 2 aliphatic rings. The number of amides is 1. The van der Waals surface area contributed by atoms with Gasteiger partial charge >= 0.3 is 0 Å². The zero-order valence-corrected chi connectivity index (χ0v) is 19.7. The number of aliphatic hydroxyl groups excluding tert-OH is 1. The Bertz CT molecular complexity index is 1360. The van der Waals surface area contributed by atoms with Crippen LogP contribution in [0.1, 0.15) is 33.9 Å². The molecule has 1 N–H and O–H groups in total. The minimum absolute atomic E-state index is 0.0645. The lowest BCUT2D eigenvalue weighted by atomic mass is 9.93. The number of carbonyl (C=O) groups is 2. The number of hydrogen-bond donors (Lipinski definition) is 1. The molecule has 2 heterocycles. The van der Waals surface area contributed by atoms with Crippen molar-refractivity contribution in [3.05, 3.63) is 94.1 Å². The quantitative estimate of drug-likeness (QED) is 0.331. The van der Waals surface area contributed by atoms with E-state index in [1.807, 2.05) is 38.1 Å². The van der Waals surface area contributed by atoms with Crippen LogP contribution < -0.4 is 14.2 Å². The van der Waals surface area contributed by atoms with E-state index >= 15 is 0 Å². The number of likely N-dealkylation sites (tertiary alicyclic amines) is 1. The molecule has 0 bridgehead atoms. The van der Waals surface area contributed by atoms with Crippen LogP contribution in [-0.4, -0.2) is 35.6 Å². The van der Waals surface area contributed by atoms with E-state index in [0.717, 1.165) is 16.7 Å². The predicted molar refractivity (Wildman–Crippen MR) is 129 cm³/mol. The number of rotatable bonds is 5. The van der Waals surface area contributed by atoms with Crippen LogP contribution >= 0.6 is 0 Å². The van der Waals surface area contributed by atoms with E-state index in [0.29, 0.717) is 28.4 Å². The third-order valence-electron chi connectivity index (χ3n) is 6.41. The SMILES string of the molecule is COc1ccc(C2/C(=C(\O)c3cc(C)ccc3C)C(=O)C(=O)N2Cc2ccc3c(c2)OCO3)cc1. The van der Waals surface area contributed by atoms with Gasteiger partial charge in [0.1, 0.15) is 11.5 Å². The van der Waals surface area contributed by atoms with E-state index in [2.05, 4.69) is 0 Å². The summed E-state index contributed by atoms with van der Waals surface area (Å²) in [5.74, 6) is 0.308. The Morgan fingerprint density at radius 1 is 1.00 bits per heavy atom. The number of carbonyl (C=O) groups excluding carboxylic acids is 2. The number of methoxy groups -OCH3 is 1. The Balaban J connectivity index is 1.63. The maximum atomic E-state index is 13.3. The molecule has 3 aromatic carbocycles. The van der Waals surface area contributed by atoms with Gasteiger partial charge in [0, 0.05) is 12.1 Å². The monoisotopic (exact) mass is 471 g/mol. The highest BCUT2D eigenvalue weighted by molar-refractivity contribution is 6.46. The van der Waals surface area contributed by atoms with Crippen molar-refractivity contribution in [1.29, 1.82) is 0 Å². The van der Waals surface area contributed by atoms with Crippen LogP contribution in [0.25, 0.3) is 5.76 Å². The van der Waals surface area contributed by atoms with Crippen molar-refractivity contribution in [2.75, 3.05) is 13.9 Å². The lowest BCUT2D eigenvalue weighted by Crippen LogP contribution is -2.29. The van der Waals surface area contributed by atoms with E-state index in [9.17, 15) is 14.7 Å². The molecular formula is C28H25NO6. The number of aryl methyl sites for hydroxylation is 2. The Morgan fingerprint density at radius 3 is 2.49 bits per heavy atom. The number of nitrogens with zero attached hydrogens (tertiary/aromatic N) is 1. The van der Waals surface area contributed by atoms with Gasteiger partial charge in [0.2, 0.25) is 6.79 Å². The van der Waals surface area contributed by atoms with E-state index in [-0.39, 0.29) is 24.7 Å². The van der Waals surface area contributed by atoms with Crippen molar-refractivity contribution in [2.45, 2.75) is 26.4 Å².